The zero-order valence-corrected chi connectivity index (χ0v) is 23.3. The first kappa shape index (κ1) is 29.2. The molecule has 0 unspecified atom stereocenters. The van der Waals surface area contributed by atoms with Gasteiger partial charge in [-0.05, 0) is 61.1 Å². The van der Waals surface area contributed by atoms with Crippen LogP contribution in [0.2, 0.25) is 0 Å². The third-order valence-corrected chi connectivity index (χ3v) is 7.17. The molecule has 0 spiro atoms. The van der Waals surface area contributed by atoms with E-state index in [1.165, 1.54) is 0 Å². The molecule has 4 aromatic rings. The van der Waals surface area contributed by atoms with Gasteiger partial charge in [0.15, 0.2) is 5.75 Å². The van der Waals surface area contributed by atoms with Crippen molar-refractivity contribution < 1.29 is 19.4 Å². The van der Waals surface area contributed by atoms with E-state index in [0.29, 0.717) is 16.9 Å². The van der Waals surface area contributed by atoms with Gasteiger partial charge in [0.05, 0.1) is 43.2 Å². The standard InChI is InChI=1S/C20H24N2O3.C14H11NO/c1-25-19-17(20(21)24)12-11-16(13-5-3-2-4-6-13)18(19)22-14-7-9-15(23)10-8-14;1-16-14-9-11(10-15)7-8-13(14)12-5-3-2-4-6-12/h2-6,11-12,14-15,22-23H,7-10H2,1H3,(H2,21,24);2-9H,1H3. The molecule has 1 saturated carbocycles. The SMILES string of the molecule is COc1c(C(N)=O)ccc(-c2ccccc2)c1NC1CCC(O)CC1.COc1cc(C#N)ccc1-c1ccccc1. The molecule has 0 saturated heterocycles. The number of nitrogens with zero attached hydrogens (tertiary/aromatic N) is 1. The largest absolute Gasteiger partial charge is 0.496 e. The fourth-order valence-electron chi connectivity index (χ4n) is 5.03. The molecule has 1 fully saturated rings. The zero-order valence-electron chi connectivity index (χ0n) is 23.3. The fourth-order valence-corrected chi connectivity index (χ4v) is 5.03. The van der Waals surface area contributed by atoms with Gasteiger partial charge in [0.25, 0.3) is 5.91 Å². The normalized spacial score (nSPS) is 16.0. The topological polar surface area (TPSA) is 118 Å². The van der Waals surface area contributed by atoms with Gasteiger partial charge in [-0.15, -0.1) is 0 Å². The summed E-state index contributed by atoms with van der Waals surface area (Å²) in [6.45, 7) is 0. The number of aliphatic hydroxyl groups is 1. The Balaban J connectivity index is 0.000000208. The average Bonchev–Trinajstić information content (AvgIpc) is 3.02. The van der Waals surface area contributed by atoms with Crippen LogP contribution in [-0.4, -0.2) is 37.4 Å². The predicted octanol–water partition coefficient (Wildman–Crippen LogP) is 6.41. The van der Waals surface area contributed by atoms with Crippen LogP contribution in [0.15, 0.2) is 91.0 Å². The summed E-state index contributed by atoms with van der Waals surface area (Å²) in [6, 6.07) is 31.3. The molecule has 0 radical (unpaired) electrons. The van der Waals surface area contributed by atoms with Gasteiger partial charge in [-0.1, -0.05) is 66.7 Å². The lowest BCUT2D eigenvalue weighted by Gasteiger charge is -2.29. The molecule has 7 heteroatoms. The third kappa shape index (κ3) is 7.24. The molecular weight excluding hydrogens is 514 g/mol. The van der Waals surface area contributed by atoms with Crippen molar-refractivity contribution in [3.8, 4) is 39.8 Å². The van der Waals surface area contributed by atoms with Gasteiger partial charge in [-0.25, -0.2) is 0 Å². The number of nitriles is 1. The lowest BCUT2D eigenvalue weighted by atomic mass is 9.92. The number of nitrogens with two attached hydrogens (primary N) is 1. The number of hydrogen-bond acceptors (Lipinski definition) is 6. The van der Waals surface area contributed by atoms with E-state index in [1.807, 2.05) is 72.8 Å². The van der Waals surface area contributed by atoms with E-state index >= 15 is 0 Å². The molecular formula is C34H35N3O4. The van der Waals surface area contributed by atoms with Crippen molar-refractivity contribution >= 4 is 11.6 Å². The van der Waals surface area contributed by atoms with Crippen molar-refractivity contribution in [1.82, 2.24) is 0 Å². The number of anilines is 1. The second-order valence-corrected chi connectivity index (χ2v) is 9.84. The number of carbonyl (C=O) groups excluding carboxylic acids is 1. The molecule has 0 bridgehead atoms. The predicted molar refractivity (Wildman–Crippen MR) is 162 cm³/mol. The molecule has 4 aromatic carbocycles. The molecule has 1 aliphatic rings. The zero-order chi connectivity index (χ0) is 29.2. The molecule has 1 amide bonds. The summed E-state index contributed by atoms with van der Waals surface area (Å²) in [7, 11) is 3.16. The molecule has 1 aliphatic carbocycles. The van der Waals surface area contributed by atoms with Crippen LogP contribution in [-0.2, 0) is 0 Å². The van der Waals surface area contributed by atoms with Crippen molar-refractivity contribution in [2.45, 2.75) is 37.8 Å². The molecule has 210 valence electrons. The second-order valence-electron chi connectivity index (χ2n) is 9.84. The van der Waals surface area contributed by atoms with Crippen molar-refractivity contribution in [3.05, 3.63) is 102 Å². The number of hydrogen-bond donors (Lipinski definition) is 3. The molecule has 5 rings (SSSR count). The van der Waals surface area contributed by atoms with Gasteiger partial charge in [-0.2, -0.15) is 5.26 Å². The van der Waals surface area contributed by atoms with Crippen molar-refractivity contribution in [2.75, 3.05) is 19.5 Å². The number of methoxy groups -OCH3 is 2. The Labute approximate surface area is 241 Å². The number of primary amides is 1. The van der Waals surface area contributed by atoms with Gasteiger partial charge < -0.3 is 25.6 Å². The quantitative estimate of drug-likeness (QED) is 0.245. The molecule has 0 aliphatic heterocycles. The van der Waals surface area contributed by atoms with E-state index in [4.69, 9.17) is 20.5 Å². The maximum Gasteiger partial charge on any atom is 0.252 e. The number of benzene rings is 4. The first-order valence-electron chi connectivity index (χ1n) is 13.6. The Hall–Kier alpha value is -4.80. The molecule has 7 nitrogen and oxygen atoms in total. The Morgan fingerprint density at radius 3 is 1.98 bits per heavy atom. The van der Waals surface area contributed by atoms with Gasteiger partial charge in [0, 0.05) is 17.2 Å². The van der Waals surface area contributed by atoms with Crippen LogP contribution >= 0.6 is 0 Å². The van der Waals surface area contributed by atoms with Gasteiger partial charge >= 0.3 is 0 Å². The van der Waals surface area contributed by atoms with E-state index in [2.05, 4.69) is 11.4 Å². The molecule has 41 heavy (non-hydrogen) atoms. The van der Waals surface area contributed by atoms with Gasteiger partial charge in [0.2, 0.25) is 0 Å². The average molecular weight is 550 g/mol. The lowest BCUT2D eigenvalue weighted by Crippen LogP contribution is -2.29. The van der Waals surface area contributed by atoms with Crippen molar-refractivity contribution in [1.29, 1.82) is 5.26 Å². The van der Waals surface area contributed by atoms with E-state index in [9.17, 15) is 9.90 Å². The van der Waals surface area contributed by atoms with Crippen LogP contribution in [0.1, 0.15) is 41.6 Å². The highest BCUT2D eigenvalue weighted by atomic mass is 16.5. The third-order valence-electron chi connectivity index (χ3n) is 7.17. The van der Waals surface area contributed by atoms with Crippen LogP contribution in [0.4, 0.5) is 5.69 Å². The van der Waals surface area contributed by atoms with Crippen LogP contribution in [0.5, 0.6) is 11.5 Å². The minimum absolute atomic E-state index is 0.217. The Kier molecular flexibility index (Phi) is 9.98. The van der Waals surface area contributed by atoms with Crippen LogP contribution < -0.4 is 20.5 Å². The molecule has 0 aromatic heterocycles. The Bertz CT molecular complexity index is 1490. The fraction of sp³-hybridized carbons (Fsp3) is 0.235. The van der Waals surface area contributed by atoms with Gasteiger partial charge in [0.1, 0.15) is 5.75 Å². The van der Waals surface area contributed by atoms with Crippen LogP contribution in [0.3, 0.4) is 0 Å². The first-order chi connectivity index (χ1) is 19.9. The number of rotatable bonds is 7. The van der Waals surface area contributed by atoms with Crippen molar-refractivity contribution in [3.63, 3.8) is 0 Å². The number of ether oxygens (including phenoxy) is 2. The number of aliphatic hydroxyl groups excluding tert-OH is 1. The Morgan fingerprint density at radius 2 is 1.44 bits per heavy atom. The van der Waals surface area contributed by atoms with E-state index in [0.717, 1.165) is 59.4 Å². The summed E-state index contributed by atoms with van der Waals surface area (Å²) in [6.07, 6.45) is 3.08. The highest BCUT2D eigenvalue weighted by Crippen LogP contribution is 2.40. The summed E-state index contributed by atoms with van der Waals surface area (Å²) in [5, 5.41) is 22.1. The monoisotopic (exact) mass is 549 g/mol. The number of carbonyl (C=O) groups is 1. The number of amides is 1. The Morgan fingerprint density at radius 1 is 0.854 bits per heavy atom. The van der Waals surface area contributed by atoms with E-state index < -0.39 is 5.91 Å². The lowest BCUT2D eigenvalue weighted by molar-refractivity contribution is 0.0997. The number of nitrogens with one attached hydrogen (secondary N) is 1. The molecule has 0 atom stereocenters. The van der Waals surface area contributed by atoms with Crippen molar-refractivity contribution in [2.24, 2.45) is 5.73 Å². The van der Waals surface area contributed by atoms with E-state index in [-0.39, 0.29) is 12.1 Å². The highest BCUT2D eigenvalue weighted by Gasteiger charge is 2.24. The summed E-state index contributed by atoms with van der Waals surface area (Å²) in [5.74, 6) is 0.684. The summed E-state index contributed by atoms with van der Waals surface area (Å²) >= 11 is 0. The molecule has 0 heterocycles. The minimum Gasteiger partial charge on any atom is -0.496 e. The molecule has 4 N–H and O–H groups in total. The highest BCUT2D eigenvalue weighted by molar-refractivity contribution is 6.00. The smallest absolute Gasteiger partial charge is 0.252 e. The van der Waals surface area contributed by atoms with Crippen LogP contribution in [0, 0.1) is 11.3 Å². The van der Waals surface area contributed by atoms with Gasteiger partial charge in [-0.3, -0.25) is 4.79 Å². The minimum atomic E-state index is -0.515. The first-order valence-corrected chi connectivity index (χ1v) is 13.6. The van der Waals surface area contributed by atoms with E-state index in [1.54, 1.807) is 32.4 Å². The summed E-state index contributed by atoms with van der Waals surface area (Å²) < 4.78 is 10.8. The summed E-state index contributed by atoms with van der Waals surface area (Å²) in [4.78, 5) is 11.8. The van der Waals surface area contributed by atoms with Crippen LogP contribution in [0.25, 0.3) is 22.3 Å². The maximum absolute atomic E-state index is 11.8. The summed E-state index contributed by atoms with van der Waals surface area (Å²) in [5.41, 5.74) is 11.4. The maximum atomic E-state index is 11.8. The second kappa shape index (κ2) is 14.0.